The smallest absolute Gasteiger partial charge is 0.317 e. The van der Waals surface area contributed by atoms with Crippen LogP contribution in [0.4, 0.5) is 13.6 Å². The Kier molecular flexibility index (Phi) is 4.82. The van der Waals surface area contributed by atoms with E-state index in [1.54, 1.807) is 21.7 Å². The Bertz CT molecular complexity index is 885. The highest BCUT2D eigenvalue weighted by molar-refractivity contribution is 7.16. The van der Waals surface area contributed by atoms with Crippen molar-refractivity contribution in [2.45, 2.75) is 49.8 Å². The molecule has 156 valence electrons. The van der Waals surface area contributed by atoms with E-state index in [1.807, 2.05) is 23.1 Å². The van der Waals surface area contributed by atoms with Crippen LogP contribution in [0.5, 0.6) is 5.75 Å². The van der Waals surface area contributed by atoms with Crippen molar-refractivity contribution in [3.63, 3.8) is 0 Å². The van der Waals surface area contributed by atoms with E-state index in [0.717, 1.165) is 41.6 Å². The van der Waals surface area contributed by atoms with Crippen LogP contribution in [-0.2, 0) is 0 Å². The van der Waals surface area contributed by atoms with E-state index >= 15 is 0 Å². The van der Waals surface area contributed by atoms with Gasteiger partial charge in [0.05, 0.1) is 36.4 Å². The fourth-order valence-electron chi connectivity index (χ4n) is 4.47. The second-order valence-corrected chi connectivity index (χ2v) is 9.20. The zero-order valence-electron chi connectivity index (χ0n) is 16.0. The number of alkyl halides is 2. The maximum Gasteiger partial charge on any atom is 0.317 e. The molecule has 1 N–H and O–H groups in total. The number of para-hydroxylation sites is 1. The predicted octanol–water partition coefficient (Wildman–Crippen LogP) is 3.33. The number of nitrogens with one attached hydrogen (secondary N) is 1. The summed E-state index contributed by atoms with van der Waals surface area (Å²) in [5, 5.41) is 3.10. The summed E-state index contributed by atoms with van der Waals surface area (Å²) in [6.07, 6.45) is 3.40. The lowest BCUT2D eigenvalue weighted by molar-refractivity contribution is -0.150. The van der Waals surface area contributed by atoms with Crippen LogP contribution >= 0.6 is 11.3 Å². The Balaban J connectivity index is 1.05. The van der Waals surface area contributed by atoms with Crippen molar-refractivity contribution < 1.29 is 18.3 Å². The maximum atomic E-state index is 13.0. The molecular weight excluding hydrogens is 398 g/mol. The van der Waals surface area contributed by atoms with Crippen LogP contribution in [0.1, 0.15) is 25.7 Å². The van der Waals surface area contributed by atoms with Crippen molar-refractivity contribution >= 4 is 27.6 Å². The van der Waals surface area contributed by atoms with Gasteiger partial charge < -0.3 is 15.0 Å². The molecule has 3 heterocycles. The SMILES string of the molecule is O=C(N[C@H]1CC[C@H](N2CC(F)(F)C2)CC1)N1CC(Oc2cccc3scnc23)C1. The number of hydrogen-bond acceptors (Lipinski definition) is 5. The molecule has 0 spiro atoms. The molecule has 1 aliphatic carbocycles. The van der Waals surface area contributed by atoms with Crippen molar-refractivity contribution in [1.29, 1.82) is 0 Å². The number of urea groups is 1. The van der Waals surface area contributed by atoms with Crippen LogP contribution in [0.25, 0.3) is 10.2 Å². The second-order valence-electron chi connectivity index (χ2n) is 8.32. The zero-order valence-corrected chi connectivity index (χ0v) is 16.8. The third-order valence-corrected chi connectivity index (χ3v) is 6.96. The Morgan fingerprint density at radius 2 is 1.97 bits per heavy atom. The number of halogens is 2. The van der Waals surface area contributed by atoms with Crippen molar-refractivity contribution in [2.24, 2.45) is 0 Å². The fraction of sp³-hybridized carbons (Fsp3) is 0.600. The molecule has 0 atom stereocenters. The standard InChI is InChI=1S/C20H24F2N4O2S/c21-20(22)10-26(11-20)14-6-4-13(5-7-14)24-19(27)25-8-15(9-25)28-16-2-1-3-17-18(16)23-12-29-17/h1-3,12-15H,4-11H2,(H,24,27)/t13-,14-. The number of benzene rings is 1. The van der Waals surface area contributed by atoms with Crippen molar-refractivity contribution in [3.8, 4) is 5.75 Å². The van der Waals surface area contributed by atoms with Crippen molar-refractivity contribution in [1.82, 2.24) is 20.1 Å². The molecule has 1 aromatic heterocycles. The Labute approximate surface area is 171 Å². The van der Waals surface area contributed by atoms with Gasteiger partial charge in [-0.2, -0.15) is 0 Å². The highest BCUT2D eigenvalue weighted by Crippen LogP contribution is 2.34. The average molecular weight is 423 g/mol. The maximum absolute atomic E-state index is 13.0. The normalized spacial score (nSPS) is 27.3. The molecule has 2 aliphatic heterocycles. The molecule has 3 aliphatic rings. The predicted molar refractivity (Wildman–Crippen MR) is 107 cm³/mol. The fourth-order valence-corrected chi connectivity index (χ4v) is 5.16. The number of carbonyl (C=O) groups is 1. The number of nitrogens with zero attached hydrogens (tertiary/aromatic N) is 3. The number of likely N-dealkylation sites (tertiary alicyclic amines) is 2. The number of carbonyl (C=O) groups excluding carboxylic acids is 1. The lowest BCUT2D eigenvalue weighted by Gasteiger charge is -2.46. The number of thiazole rings is 1. The number of hydrogen-bond donors (Lipinski definition) is 1. The largest absolute Gasteiger partial charge is 0.484 e. The minimum Gasteiger partial charge on any atom is -0.484 e. The molecule has 29 heavy (non-hydrogen) atoms. The van der Waals surface area contributed by atoms with Gasteiger partial charge in [-0.05, 0) is 37.8 Å². The molecule has 1 saturated carbocycles. The summed E-state index contributed by atoms with van der Waals surface area (Å²) in [5.41, 5.74) is 2.68. The zero-order chi connectivity index (χ0) is 20.0. The summed E-state index contributed by atoms with van der Waals surface area (Å²) in [6, 6.07) is 6.19. The Morgan fingerprint density at radius 3 is 2.69 bits per heavy atom. The van der Waals surface area contributed by atoms with Crippen LogP contribution in [0, 0.1) is 0 Å². The van der Waals surface area contributed by atoms with E-state index < -0.39 is 5.92 Å². The summed E-state index contributed by atoms with van der Waals surface area (Å²) in [7, 11) is 0. The Hall–Kier alpha value is -2.00. The van der Waals surface area contributed by atoms with Gasteiger partial charge in [-0.25, -0.2) is 18.6 Å². The minimum atomic E-state index is -2.51. The molecular formula is C20H24F2N4O2S. The number of ether oxygens (including phenoxy) is 1. The molecule has 0 radical (unpaired) electrons. The van der Waals surface area contributed by atoms with Gasteiger partial charge in [-0.15, -0.1) is 11.3 Å². The van der Waals surface area contributed by atoms with Gasteiger partial charge in [-0.3, -0.25) is 4.90 Å². The first-order valence-electron chi connectivity index (χ1n) is 10.1. The van der Waals surface area contributed by atoms with Crippen LogP contribution in [0.2, 0.25) is 0 Å². The molecule has 0 bridgehead atoms. The molecule has 2 amide bonds. The topological polar surface area (TPSA) is 57.7 Å². The lowest BCUT2D eigenvalue weighted by Crippen LogP contribution is -2.62. The summed E-state index contributed by atoms with van der Waals surface area (Å²) in [4.78, 5) is 20.5. The van der Waals surface area contributed by atoms with Crippen molar-refractivity contribution in [3.05, 3.63) is 23.7 Å². The van der Waals surface area contributed by atoms with Crippen LogP contribution in [0.15, 0.2) is 23.7 Å². The third-order valence-electron chi connectivity index (χ3n) is 6.16. The highest BCUT2D eigenvalue weighted by atomic mass is 32.1. The van der Waals surface area contributed by atoms with Gasteiger partial charge in [-0.1, -0.05) is 6.07 Å². The monoisotopic (exact) mass is 422 g/mol. The van der Waals surface area contributed by atoms with Gasteiger partial charge >= 0.3 is 6.03 Å². The highest BCUT2D eigenvalue weighted by Gasteiger charge is 2.47. The van der Waals surface area contributed by atoms with Crippen LogP contribution < -0.4 is 10.1 Å². The summed E-state index contributed by atoms with van der Waals surface area (Å²) in [5.74, 6) is -1.74. The first kappa shape index (κ1) is 19.0. The first-order valence-corrected chi connectivity index (χ1v) is 11.0. The number of rotatable bonds is 4. The molecule has 9 heteroatoms. The Morgan fingerprint density at radius 1 is 1.21 bits per heavy atom. The van der Waals surface area contributed by atoms with Crippen LogP contribution in [-0.4, -0.2) is 71.1 Å². The molecule has 6 nitrogen and oxygen atoms in total. The van der Waals surface area contributed by atoms with E-state index in [4.69, 9.17) is 4.74 Å². The van der Waals surface area contributed by atoms with Crippen molar-refractivity contribution in [2.75, 3.05) is 26.2 Å². The van der Waals surface area contributed by atoms with Gasteiger partial charge in [0.1, 0.15) is 17.4 Å². The van der Waals surface area contributed by atoms with E-state index in [-0.39, 0.29) is 37.3 Å². The molecule has 0 unspecified atom stereocenters. The van der Waals surface area contributed by atoms with Gasteiger partial charge in [0, 0.05) is 12.1 Å². The summed E-state index contributed by atoms with van der Waals surface area (Å²) in [6.45, 7) is 0.895. The van der Waals surface area contributed by atoms with Gasteiger partial charge in [0.15, 0.2) is 0 Å². The number of amides is 2. The molecule has 2 aromatic rings. The quantitative estimate of drug-likeness (QED) is 0.821. The summed E-state index contributed by atoms with van der Waals surface area (Å²) >= 11 is 1.58. The van der Waals surface area contributed by atoms with Crippen LogP contribution in [0.3, 0.4) is 0 Å². The molecule has 1 aromatic carbocycles. The van der Waals surface area contributed by atoms with Gasteiger partial charge in [0.25, 0.3) is 5.92 Å². The first-order chi connectivity index (χ1) is 14.0. The molecule has 5 rings (SSSR count). The molecule has 2 saturated heterocycles. The average Bonchev–Trinajstić information content (AvgIpc) is 3.12. The van der Waals surface area contributed by atoms with E-state index in [0.29, 0.717) is 13.1 Å². The van der Waals surface area contributed by atoms with Gasteiger partial charge in [0.2, 0.25) is 0 Å². The third kappa shape index (κ3) is 3.90. The second kappa shape index (κ2) is 7.36. The van der Waals surface area contributed by atoms with E-state index in [9.17, 15) is 13.6 Å². The minimum absolute atomic E-state index is 0.0168. The lowest BCUT2D eigenvalue weighted by atomic mass is 9.88. The van der Waals surface area contributed by atoms with E-state index in [1.165, 1.54) is 0 Å². The number of fused-ring (bicyclic) bond motifs is 1. The summed E-state index contributed by atoms with van der Waals surface area (Å²) < 4.78 is 33.2. The van der Waals surface area contributed by atoms with E-state index in [2.05, 4.69) is 10.3 Å². The number of aromatic nitrogens is 1. The molecule has 3 fully saturated rings.